The maximum Gasteiger partial charge on any atom is 0.0939 e. The SMILES string of the molecule is Cc1ccc2c(c1N1C=CN(C)C1)C(C)(C)c1cnccc1-2. The van der Waals surface area contributed by atoms with Gasteiger partial charge in [0.25, 0.3) is 0 Å². The molecule has 0 saturated carbocycles. The quantitative estimate of drug-likeness (QED) is 0.795. The van der Waals surface area contributed by atoms with E-state index >= 15 is 0 Å². The zero-order valence-corrected chi connectivity index (χ0v) is 13.6. The van der Waals surface area contributed by atoms with Crippen LogP contribution < -0.4 is 4.90 Å². The van der Waals surface area contributed by atoms with E-state index in [0.29, 0.717) is 0 Å². The molecule has 0 amide bonds. The van der Waals surface area contributed by atoms with Gasteiger partial charge in [0.2, 0.25) is 0 Å². The van der Waals surface area contributed by atoms with Crippen molar-refractivity contribution in [1.82, 2.24) is 9.88 Å². The van der Waals surface area contributed by atoms with Crippen molar-refractivity contribution in [1.29, 1.82) is 0 Å². The molecule has 1 aliphatic heterocycles. The average molecular weight is 291 g/mol. The summed E-state index contributed by atoms with van der Waals surface area (Å²) in [7, 11) is 2.11. The van der Waals surface area contributed by atoms with Crippen LogP contribution in [-0.4, -0.2) is 23.6 Å². The number of rotatable bonds is 1. The minimum atomic E-state index is -0.0186. The molecular weight excluding hydrogens is 270 g/mol. The van der Waals surface area contributed by atoms with Gasteiger partial charge in [-0.05, 0) is 40.8 Å². The van der Waals surface area contributed by atoms with Crippen molar-refractivity contribution >= 4 is 5.69 Å². The van der Waals surface area contributed by atoms with Gasteiger partial charge < -0.3 is 9.80 Å². The lowest BCUT2D eigenvalue weighted by Gasteiger charge is -2.30. The Balaban J connectivity index is 2.00. The number of pyridine rings is 1. The number of nitrogens with zero attached hydrogens (tertiary/aromatic N) is 3. The summed E-state index contributed by atoms with van der Waals surface area (Å²) in [4.78, 5) is 8.92. The molecule has 1 aliphatic carbocycles. The normalized spacial score (nSPS) is 17.8. The van der Waals surface area contributed by atoms with Crippen LogP contribution in [0.25, 0.3) is 11.1 Å². The van der Waals surface area contributed by atoms with Crippen molar-refractivity contribution in [2.45, 2.75) is 26.2 Å². The van der Waals surface area contributed by atoms with Crippen LogP contribution >= 0.6 is 0 Å². The van der Waals surface area contributed by atoms with Gasteiger partial charge in [-0.25, -0.2) is 0 Å². The predicted octanol–water partition coefficient (Wildman–Crippen LogP) is 3.88. The zero-order chi connectivity index (χ0) is 15.5. The third-order valence-electron chi connectivity index (χ3n) is 4.95. The van der Waals surface area contributed by atoms with Crippen molar-refractivity contribution in [2.24, 2.45) is 0 Å². The van der Waals surface area contributed by atoms with Gasteiger partial charge in [0.1, 0.15) is 0 Å². The van der Waals surface area contributed by atoms with E-state index in [-0.39, 0.29) is 5.41 Å². The van der Waals surface area contributed by atoms with E-state index in [2.05, 4.69) is 73.2 Å². The number of anilines is 1. The second-order valence-corrected chi connectivity index (χ2v) is 6.87. The summed E-state index contributed by atoms with van der Waals surface area (Å²) in [6.45, 7) is 7.73. The largest absolute Gasteiger partial charge is 0.361 e. The summed E-state index contributed by atoms with van der Waals surface area (Å²) < 4.78 is 0. The number of hydrogen-bond acceptors (Lipinski definition) is 3. The Morgan fingerprint density at radius 1 is 1.09 bits per heavy atom. The fourth-order valence-electron chi connectivity index (χ4n) is 3.86. The second-order valence-electron chi connectivity index (χ2n) is 6.87. The first-order valence-corrected chi connectivity index (χ1v) is 7.74. The van der Waals surface area contributed by atoms with Crippen molar-refractivity contribution in [3.05, 3.63) is 59.7 Å². The van der Waals surface area contributed by atoms with Gasteiger partial charge >= 0.3 is 0 Å². The van der Waals surface area contributed by atoms with Gasteiger partial charge in [0.05, 0.1) is 6.67 Å². The molecule has 0 atom stereocenters. The number of fused-ring (bicyclic) bond motifs is 3. The van der Waals surface area contributed by atoms with Crippen LogP contribution in [0.15, 0.2) is 43.0 Å². The Bertz CT molecular complexity index is 789. The van der Waals surface area contributed by atoms with Crippen LogP contribution in [0.4, 0.5) is 5.69 Å². The predicted molar refractivity (Wildman–Crippen MR) is 90.8 cm³/mol. The number of benzene rings is 1. The van der Waals surface area contributed by atoms with E-state index in [1.165, 1.54) is 33.5 Å². The Hall–Kier alpha value is -2.29. The maximum absolute atomic E-state index is 4.36. The fourth-order valence-corrected chi connectivity index (χ4v) is 3.86. The van der Waals surface area contributed by atoms with Crippen molar-refractivity contribution in [2.75, 3.05) is 18.6 Å². The minimum Gasteiger partial charge on any atom is -0.361 e. The van der Waals surface area contributed by atoms with Gasteiger partial charge in [0, 0.05) is 42.9 Å². The summed E-state index contributed by atoms with van der Waals surface area (Å²) in [5.41, 5.74) is 8.09. The monoisotopic (exact) mass is 291 g/mol. The standard InChI is InChI=1S/C19H21N3/c1-13-5-6-15-14-7-8-20-11-16(14)19(2,3)17(15)18(13)22-10-9-21(4)12-22/h5-11H,12H2,1-4H3. The molecular formula is C19H21N3. The first-order valence-electron chi connectivity index (χ1n) is 7.74. The Labute approximate surface area is 131 Å². The van der Waals surface area contributed by atoms with Crippen LogP contribution in [0.5, 0.6) is 0 Å². The molecule has 1 aromatic carbocycles. The average Bonchev–Trinajstić information content (AvgIpc) is 3.01. The van der Waals surface area contributed by atoms with Crippen LogP contribution in [0.3, 0.4) is 0 Å². The van der Waals surface area contributed by atoms with Crippen LogP contribution in [0.2, 0.25) is 0 Å². The fraction of sp³-hybridized carbons (Fsp3) is 0.316. The molecule has 22 heavy (non-hydrogen) atoms. The molecule has 2 heterocycles. The molecule has 3 nitrogen and oxygen atoms in total. The highest BCUT2D eigenvalue weighted by Crippen LogP contribution is 2.52. The highest BCUT2D eigenvalue weighted by Gasteiger charge is 2.39. The molecule has 1 aromatic heterocycles. The summed E-state index contributed by atoms with van der Waals surface area (Å²) >= 11 is 0. The van der Waals surface area contributed by atoms with Crippen LogP contribution in [-0.2, 0) is 5.41 Å². The van der Waals surface area contributed by atoms with E-state index < -0.39 is 0 Å². The molecule has 0 fully saturated rings. The van der Waals surface area contributed by atoms with E-state index in [4.69, 9.17) is 0 Å². The molecule has 0 unspecified atom stereocenters. The molecule has 112 valence electrons. The molecule has 4 rings (SSSR count). The molecule has 0 bridgehead atoms. The van der Waals surface area contributed by atoms with Crippen LogP contribution in [0.1, 0.15) is 30.5 Å². The van der Waals surface area contributed by atoms with E-state index in [0.717, 1.165) is 6.67 Å². The lowest BCUT2D eigenvalue weighted by atomic mass is 9.81. The first-order chi connectivity index (χ1) is 10.5. The highest BCUT2D eigenvalue weighted by molar-refractivity contribution is 5.87. The Kier molecular flexibility index (Phi) is 2.65. The molecule has 0 saturated heterocycles. The lowest BCUT2D eigenvalue weighted by Crippen LogP contribution is -2.26. The topological polar surface area (TPSA) is 19.4 Å². The van der Waals surface area contributed by atoms with Gasteiger partial charge in [-0.1, -0.05) is 26.0 Å². The van der Waals surface area contributed by atoms with Gasteiger partial charge in [-0.15, -0.1) is 0 Å². The lowest BCUT2D eigenvalue weighted by molar-refractivity contribution is 0.494. The number of aryl methyl sites for hydroxylation is 1. The molecule has 0 radical (unpaired) electrons. The zero-order valence-electron chi connectivity index (χ0n) is 13.6. The molecule has 0 spiro atoms. The third-order valence-corrected chi connectivity index (χ3v) is 4.95. The van der Waals surface area contributed by atoms with Gasteiger partial charge in [-0.2, -0.15) is 0 Å². The molecule has 0 N–H and O–H groups in total. The summed E-state index contributed by atoms with van der Waals surface area (Å²) in [6.07, 6.45) is 8.24. The number of aromatic nitrogens is 1. The van der Waals surface area contributed by atoms with Crippen molar-refractivity contribution in [3.8, 4) is 11.1 Å². The van der Waals surface area contributed by atoms with Gasteiger partial charge in [-0.3, -0.25) is 4.98 Å². The second kappa shape index (κ2) is 4.35. The van der Waals surface area contributed by atoms with E-state index in [1.54, 1.807) is 0 Å². The summed E-state index contributed by atoms with van der Waals surface area (Å²) in [5.74, 6) is 0. The molecule has 2 aromatic rings. The molecule has 2 aliphatic rings. The smallest absolute Gasteiger partial charge is 0.0939 e. The van der Waals surface area contributed by atoms with E-state index in [9.17, 15) is 0 Å². The summed E-state index contributed by atoms with van der Waals surface area (Å²) in [6, 6.07) is 6.66. The van der Waals surface area contributed by atoms with E-state index in [1.807, 2.05) is 12.4 Å². The minimum absolute atomic E-state index is 0.0186. The Morgan fingerprint density at radius 2 is 1.91 bits per heavy atom. The number of hydrogen-bond donors (Lipinski definition) is 0. The summed E-state index contributed by atoms with van der Waals surface area (Å²) in [5, 5.41) is 0. The van der Waals surface area contributed by atoms with Gasteiger partial charge in [0.15, 0.2) is 0 Å². The van der Waals surface area contributed by atoms with Crippen molar-refractivity contribution < 1.29 is 0 Å². The highest BCUT2D eigenvalue weighted by atomic mass is 15.3. The third kappa shape index (κ3) is 1.65. The van der Waals surface area contributed by atoms with Crippen LogP contribution in [0, 0.1) is 6.92 Å². The maximum atomic E-state index is 4.36. The Morgan fingerprint density at radius 3 is 2.64 bits per heavy atom. The van der Waals surface area contributed by atoms with Crippen molar-refractivity contribution in [3.63, 3.8) is 0 Å². The molecule has 3 heteroatoms. The first kappa shape index (κ1) is 13.4.